The summed E-state index contributed by atoms with van der Waals surface area (Å²) in [5.74, 6) is 0. The van der Waals surface area contributed by atoms with Crippen LogP contribution >= 0.6 is 0 Å². The van der Waals surface area contributed by atoms with E-state index in [1.807, 2.05) is 12.4 Å². The number of nitrogens with zero attached hydrogens (tertiary/aromatic N) is 3. The highest BCUT2D eigenvalue weighted by Crippen LogP contribution is 2.38. The summed E-state index contributed by atoms with van der Waals surface area (Å²) in [5, 5.41) is 4.83. The predicted molar refractivity (Wildman–Crippen MR) is 209 cm³/mol. The lowest BCUT2D eigenvalue weighted by molar-refractivity contribution is 1.17. The highest BCUT2D eigenvalue weighted by atomic mass is 15.0. The van der Waals surface area contributed by atoms with E-state index < -0.39 is 0 Å². The van der Waals surface area contributed by atoms with Gasteiger partial charge in [0.25, 0.3) is 0 Å². The summed E-state index contributed by atoms with van der Waals surface area (Å²) in [5.41, 5.74) is 14.3. The zero-order valence-electron chi connectivity index (χ0n) is 27.2. The van der Waals surface area contributed by atoms with Crippen LogP contribution in [-0.2, 0) is 0 Å². The third-order valence-electron chi connectivity index (χ3n) is 10.0. The smallest absolute Gasteiger partial charge is 0.0571 e. The molecule has 0 aliphatic rings. The first-order valence-electron chi connectivity index (χ1n) is 17.0. The van der Waals surface area contributed by atoms with Gasteiger partial charge in [0.15, 0.2) is 0 Å². The maximum absolute atomic E-state index is 4.54. The molecule has 50 heavy (non-hydrogen) atoms. The fourth-order valence-corrected chi connectivity index (χ4v) is 7.62. The lowest BCUT2D eigenvalue weighted by atomic mass is 10.0. The topological polar surface area (TPSA) is 22.8 Å². The van der Waals surface area contributed by atoms with Crippen molar-refractivity contribution in [2.24, 2.45) is 0 Å². The molecular formula is C47H31N3. The monoisotopic (exact) mass is 637 g/mol. The van der Waals surface area contributed by atoms with E-state index in [1.54, 1.807) is 0 Å². The van der Waals surface area contributed by atoms with Gasteiger partial charge in [0, 0.05) is 45.3 Å². The molecule has 0 unspecified atom stereocenters. The van der Waals surface area contributed by atoms with Crippen LogP contribution in [0.1, 0.15) is 0 Å². The molecule has 3 heterocycles. The van der Waals surface area contributed by atoms with Crippen LogP contribution in [0.2, 0.25) is 0 Å². The number of pyridine rings is 1. The van der Waals surface area contributed by atoms with Gasteiger partial charge in [0.05, 0.1) is 22.1 Å². The Balaban J connectivity index is 1.08. The normalized spacial score (nSPS) is 11.6. The molecule has 0 saturated carbocycles. The lowest BCUT2D eigenvalue weighted by Crippen LogP contribution is -1.94. The first-order valence-corrected chi connectivity index (χ1v) is 17.0. The van der Waals surface area contributed by atoms with Gasteiger partial charge in [-0.15, -0.1) is 0 Å². The minimum atomic E-state index is 1.13. The highest BCUT2D eigenvalue weighted by Gasteiger charge is 2.16. The third kappa shape index (κ3) is 4.56. The summed E-state index contributed by atoms with van der Waals surface area (Å²) >= 11 is 0. The molecule has 10 rings (SSSR count). The minimum absolute atomic E-state index is 1.13. The minimum Gasteiger partial charge on any atom is -0.309 e. The van der Waals surface area contributed by atoms with Crippen LogP contribution in [-0.4, -0.2) is 14.1 Å². The van der Waals surface area contributed by atoms with Gasteiger partial charge in [0.2, 0.25) is 0 Å². The number of aromatic nitrogens is 3. The quantitative estimate of drug-likeness (QED) is 0.184. The Morgan fingerprint density at radius 2 is 0.720 bits per heavy atom. The molecule has 3 nitrogen and oxygen atoms in total. The average molecular weight is 638 g/mol. The van der Waals surface area contributed by atoms with Crippen LogP contribution in [0.3, 0.4) is 0 Å². The van der Waals surface area contributed by atoms with Crippen LogP contribution in [0.4, 0.5) is 0 Å². The van der Waals surface area contributed by atoms with Crippen LogP contribution in [0.15, 0.2) is 188 Å². The number of para-hydroxylation sites is 1. The number of fused-ring (bicyclic) bond motifs is 6. The van der Waals surface area contributed by atoms with E-state index in [0.717, 1.165) is 22.3 Å². The summed E-state index contributed by atoms with van der Waals surface area (Å²) in [4.78, 5) is 4.54. The van der Waals surface area contributed by atoms with E-state index in [-0.39, 0.29) is 0 Å². The Morgan fingerprint density at radius 3 is 1.28 bits per heavy atom. The van der Waals surface area contributed by atoms with Gasteiger partial charge in [-0.25, -0.2) is 0 Å². The standard InChI is InChI=1S/C47H31N3/c1-3-9-32(10-4-1)34-15-21-38(22-16-34)49-44-14-8-7-13-40(44)41-29-36(19-25-45(41)49)37-20-26-46-42(30-37)43-31-48-28-27-47(43)50(46)39-23-17-35(18-24-39)33-11-5-2-6-12-33/h1-31H. The van der Waals surface area contributed by atoms with Crippen molar-refractivity contribution in [1.29, 1.82) is 0 Å². The second-order valence-corrected chi connectivity index (χ2v) is 12.9. The molecular weight excluding hydrogens is 607 g/mol. The molecule has 7 aromatic carbocycles. The molecule has 3 aromatic heterocycles. The summed E-state index contributed by atoms with van der Waals surface area (Å²) in [6.45, 7) is 0. The summed E-state index contributed by atoms with van der Waals surface area (Å²) < 4.78 is 4.74. The van der Waals surface area contributed by atoms with Crippen molar-refractivity contribution in [1.82, 2.24) is 14.1 Å². The van der Waals surface area contributed by atoms with Crippen LogP contribution < -0.4 is 0 Å². The Morgan fingerprint density at radius 1 is 0.300 bits per heavy atom. The van der Waals surface area contributed by atoms with Gasteiger partial charge in [0.1, 0.15) is 0 Å². The van der Waals surface area contributed by atoms with Gasteiger partial charge in [-0.3, -0.25) is 4.98 Å². The molecule has 0 amide bonds. The zero-order chi connectivity index (χ0) is 33.0. The van der Waals surface area contributed by atoms with Crippen molar-refractivity contribution in [3.05, 3.63) is 188 Å². The maximum Gasteiger partial charge on any atom is 0.0571 e. The number of hydrogen-bond donors (Lipinski definition) is 0. The Hall–Kier alpha value is -6.71. The highest BCUT2D eigenvalue weighted by molar-refractivity contribution is 6.12. The van der Waals surface area contributed by atoms with E-state index in [0.29, 0.717) is 0 Å². The first kappa shape index (κ1) is 28.3. The molecule has 234 valence electrons. The fourth-order valence-electron chi connectivity index (χ4n) is 7.62. The molecule has 0 aliphatic heterocycles. The number of benzene rings is 7. The molecule has 0 spiro atoms. The van der Waals surface area contributed by atoms with Gasteiger partial charge in [-0.2, -0.15) is 0 Å². The third-order valence-corrected chi connectivity index (χ3v) is 10.0. The predicted octanol–water partition coefficient (Wildman–Crippen LogP) is 12.3. The Kier molecular flexibility index (Phi) is 6.49. The van der Waals surface area contributed by atoms with Crippen molar-refractivity contribution in [2.75, 3.05) is 0 Å². The Bertz CT molecular complexity index is 2630. The molecule has 0 atom stereocenters. The SMILES string of the molecule is c1ccc(-c2ccc(-n3c4ccccc4c4cc(-c5ccc6c(c5)c5cnccc5n6-c5ccc(-c6ccccc6)cc5)ccc43)cc2)cc1. The fraction of sp³-hybridized carbons (Fsp3) is 0. The molecule has 3 heteroatoms. The molecule has 0 aliphatic carbocycles. The van der Waals surface area contributed by atoms with Crippen molar-refractivity contribution in [2.45, 2.75) is 0 Å². The van der Waals surface area contributed by atoms with E-state index in [9.17, 15) is 0 Å². The molecule has 10 aromatic rings. The van der Waals surface area contributed by atoms with Gasteiger partial charge in [-0.1, -0.05) is 115 Å². The zero-order valence-corrected chi connectivity index (χ0v) is 27.2. The van der Waals surface area contributed by atoms with Crippen molar-refractivity contribution >= 4 is 43.6 Å². The average Bonchev–Trinajstić information content (AvgIpc) is 3.71. The second kappa shape index (κ2) is 11.5. The lowest BCUT2D eigenvalue weighted by Gasteiger charge is -2.10. The van der Waals surface area contributed by atoms with E-state index in [1.165, 1.54) is 66.1 Å². The van der Waals surface area contributed by atoms with Crippen molar-refractivity contribution in [3.63, 3.8) is 0 Å². The molecule has 0 saturated heterocycles. The summed E-state index contributed by atoms with van der Waals surface area (Å²) in [6, 6.07) is 63.4. The van der Waals surface area contributed by atoms with E-state index in [4.69, 9.17) is 0 Å². The molecule has 0 radical (unpaired) electrons. The Labute approximate surface area is 290 Å². The summed E-state index contributed by atoms with van der Waals surface area (Å²) in [7, 11) is 0. The van der Waals surface area contributed by atoms with E-state index >= 15 is 0 Å². The van der Waals surface area contributed by atoms with Crippen LogP contribution in [0.5, 0.6) is 0 Å². The second-order valence-electron chi connectivity index (χ2n) is 12.9. The van der Waals surface area contributed by atoms with Gasteiger partial charge >= 0.3 is 0 Å². The molecule has 0 N–H and O–H groups in total. The maximum atomic E-state index is 4.54. The van der Waals surface area contributed by atoms with Crippen molar-refractivity contribution in [3.8, 4) is 44.8 Å². The van der Waals surface area contributed by atoms with Crippen LogP contribution in [0, 0.1) is 0 Å². The first-order chi connectivity index (χ1) is 24.8. The number of hydrogen-bond acceptors (Lipinski definition) is 1. The van der Waals surface area contributed by atoms with Crippen LogP contribution in [0.25, 0.3) is 88.4 Å². The molecule has 0 fully saturated rings. The van der Waals surface area contributed by atoms with Gasteiger partial charge in [-0.05, 0) is 94.0 Å². The van der Waals surface area contributed by atoms with Crippen molar-refractivity contribution < 1.29 is 0 Å². The summed E-state index contributed by atoms with van der Waals surface area (Å²) in [6.07, 6.45) is 3.88. The largest absolute Gasteiger partial charge is 0.309 e. The molecule has 0 bridgehead atoms. The number of rotatable bonds is 5. The van der Waals surface area contributed by atoms with Gasteiger partial charge < -0.3 is 9.13 Å². The van der Waals surface area contributed by atoms with E-state index in [2.05, 4.69) is 190 Å².